The lowest BCUT2D eigenvalue weighted by Crippen LogP contribution is -2.35. The molecule has 0 aliphatic carbocycles. The molecule has 0 aliphatic rings. The van der Waals surface area contributed by atoms with Crippen molar-refractivity contribution in [3.05, 3.63) is 67.9 Å². The molecule has 9 heteroatoms. The van der Waals surface area contributed by atoms with Crippen LogP contribution in [0.2, 0.25) is 0 Å². The Morgan fingerprint density at radius 1 is 1.26 bits per heavy atom. The average molecular weight is 497 g/mol. The van der Waals surface area contributed by atoms with Crippen LogP contribution < -0.4 is 15.8 Å². The summed E-state index contributed by atoms with van der Waals surface area (Å²) in [5.41, 5.74) is 5.75. The highest BCUT2D eigenvalue weighted by atomic mass is 79.9. The number of nitrogens with zero attached hydrogens (tertiary/aromatic N) is 1. The third-order valence-electron chi connectivity index (χ3n) is 3.21. The second-order valence-electron chi connectivity index (χ2n) is 5.22. The number of nitrogens with one attached hydrogen (secondary N) is 1. The minimum Gasteiger partial charge on any atom is -0.487 e. The molecule has 0 heterocycles. The molecule has 0 saturated heterocycles. The molecule has 0 aliphatic heterocycles. The van der Waals surface area contributed by atoms with Gasteiger partial charge in [-0.05, 0) is 73.3 Å². The van der Waals surface area contributed by atoms with Crippen LogP contribution in [-0.4, -0.2) is 11.9 Å². The number of imide groups is 1. The summed E-state index contributed by atoms with van der Waals surface area (Å²) in [5, 5.41) is 10.9. The van der Waals surface area contributed by atoms with Crippen LogP contribution in [-0.2, 0) is 11.4 Å². The monoisotopic (exact) mass is 495 g/mol. The summed E-state index contributed by atoms with van der Waals surface area (Å²) in [4.78, 5) is 22.5. The van der Waals surface area contributed by atoms with Crippen LogP contribution in [0.25, 0.3) is 6.08 Å². The van der Waals surface area contributed by atoms with Crippen molar-refractivity contribution < 1.29 is 18.7 Å². The summed E-state index contributed by atoms with van der Waals surface area (Å²) < 4.78 is 20.0. The standard InChI is InChI=1S/C18H12Br2FN3O3/c19-14-6-11(4-12(8-22)17(25)24-18(23)26)7-15(20)16(14)27-9-10-2-1-3-13(21)5-10/h1-7H,9H2,(H3,23,24,25,26)/b12-4-. The van der Waals surface area contributed by atoms with Crippen LogP contribution in [0.4, 0.5) is 9.18 Å². The first kappa shape index (κ1) is 20.6. The maximum Gasteiger partial charge on any atom is 0.319 e. The Balaban J connectivity index is 2.23. The number of hydrogen-bond acceptors (Lipinski definition) is 4. The summed E-state index contributed by atoms with van der Waals surface area (Å²) in [6, 6.07) is 9.94. The topological polar surface area (TPSA) is 105 Å². The Morgan fingerprint density at radius 2 is 1.93 bits per heavy atom. The fourth-order valence-electron chi connectivity index (χ4n) is 2.08. The van der Waals surface area contributed by atoms with Gasteiger partial charge < -0.3 is 10.5 Å². The zero-order chi connectivity index (χ0) is 20.0. The van der Waals surface area contributed by atoms with Crippen molar-refractivity contribution >= 4 is 49.9 Å². The minimum absolute atomic E-state index is 0.147. The molecule has 6 nitrogen and oxygen atoms in total. The van der Waals surface area contributed by atoms with Crippen molar-refractivity contribution in [3.63, 3.8) is 0 Å². The summed E-state index contributed by atoms with van der Waals surface area (Å²) in [5.74, 6) is -0.784. The van der Waals surface area contributed by atoms with Crippen LogP contribution in [0.5, 0.6) is 5.75 Å². The number of rotatable bonds is 5. The van der Waals surface area contributed by atoms with Gasteiger partial charge in [-0.15, -0.1) is 0 Å². The van der Waals surface area contributed by atoms with Crippen LogP contribution in [0.15, 0.2) is 50.9 Å². The summed E-state index contributed by atoms with van der Waals surface area (Å²) in [6.07, 6.45) is 1.30. The van der Waals surface area contributed by atoms with Gasteiger partial charge in [0.15, 0.2) is 0 Å². The summed E-state index contributed by atoms with van der Waals surface area (Å²) in [7, 11) is 0. The normalized spacial score (nSPS) is 10.8. The molecule has 0 aromatic heterocycles. The Morgan fingerprint density at radius 3 is 2.48 bits per heavy atom. The fraction of sp³-hybridized carbons (Fsp3) is 0.0556. The lowest BCUT2D eigenvalue weighted by Gasteiger charge is -2.12. The number of hydrogen-bond donors (Lipinski definition) is 2. The molecule has 3 amide bonds. The molecular weight excluding hydrogens is 485 g/mol. The molecule has 0 radical (unpaired) electrons. The number of carbonyl (C=O) groups excluding carboxylic acids is 2. The largest absolute Gasteiger partial charge is 0.487 e. The van der Waals surface area contributed by atoms with Gasteiger partial charge in [-0.1, -0.05) is 12.1 Å². The highest BCUT2D eigenvalue weighted by molar-refractivity contribution is 9.11. The molecule has 0 spiro atoms. The number of benzene rings is 2. The fourth-order valence-corrected chi connectivity index (χ4v) is 3.53. The van der Waals surface area contributed by atoms with Crippen LogP contribution in [0.1, 0.15) is 11.1 Å². The first-order valence-electron chi connectivity index (χ1n) is 7.39. The van der Waals surface area contributed by atoms with E-state index in [1.165, 1.54) is 18.2 Å². The Labute approximate surface area is 171 Å². The zero-order valence-electron chi connectivity index (χ0n) is 13.6. The van der Waals surface area contributed by atoms with E-state index < -0.39 is 11.9 Å². The molecule has 2 aromatic rings. The van der Waals surface area contributed by atoms with Gasteiger partial charge in [0.25, 0.3) is 5.91 Å². The number of primary amides is 1. The van der Waals surface area contributed by atoms with Crippen molar-refractivity contribution in [2.45, 2.75) is 6.61 Å². The molecule has 0 unspecified atom stereocenters. The summed E-state index contributed by atoms with van der Waals surface area (Å²) in [6.45, 7) is 0.147. The molecule has 27 heavy (non-hydrogen) atoms. The van der Waals surface area contributed by atoms with E-state index in [2.05, 4.69) is 31.9 Å². The molecule has 0 fully saturated rings. The van der Waals surface area contributed by atoms with Gasteiger partial charge in [0, 0.05) is 0 Å². The first-order chi connectivity index (χ1) is 12.8. The van der Waals surface area contributed by atoms with E-state index in [-0.39, 0.29) is 18.0 Å². The van der Waals surface area contributed by atoms with E-state index in [0.717, 1.165) is 0 Å². The third kappa shape index (κ3) is 5.91. The van der Waals surface area contributed by atoms with Crippen molar-refractivity contribution in [2.24, 2.45) is 5.73 Å². The predicted octanol–water partition coefficient (Wildman–Crippen LogP) is 4.03. The van der Waals surface area contributed by atoms with Gasteiger partial charge >= 0.3 is 6.03 Å². The Hall–Kier alpha value is -2.70. The van der Waals surface area contributed by atoms with Crippen LogP contribution in [0, 0.1) is 17.1 Å². The van der Waals surface area contributed by atoms with Gasteiger partial charge in [0.05, 0.1) is 8.95 Å². The van der Waals surface area contributed by atoms with Gasteiger partial charge in [0.1, 0.15) is 29.8 Å². The van der Waals surface area contributed by atoms with Gasteiger partial charge in [-0.3, -0.25) is 10.1 Å². The van der Waals surface area contributed by atoms with Crippen molar-refractivity contribution in [2.75, 3.05) is 0 Å². The quantitative estimate of drug-likeness (QED) is 0.481. The molecule has 2 rings (SSSR count). The highest BCUT2D eigenvalue weighted by Gasteiger charge is 2.13. The first-order valence-corrected chi connectivity index (χ1v) is 8.97. The number of ether oxygens (including phenoxy) is 1. The number of nitrogens with two attached hydrogens (primary N) is 1. The molecule has 0 saturated carbocycles. The number of amides is 3. The third-order valence-corrected chi connectivity index (χ3v) is 4.38. The van der Waals surface area contributed by atoms with Crippen LogP contribution >= 0.6 is 31.9 Å². The van der Waals surface area contributed by atoms with Gasteiger partial charge in [-0.25, -0.2) is 9.18 Å². The second-order valence-corrected chi connectivity index (χ2v) is 6.93. The molecular formula is C18H12Br2FN3O3. The number of carbonyl (C=O) groups is 2. The maximum absolute atomic E-state index is 13.2. The van der Waals surface area contributed by atoms with Crippen molar-refractivity contribution in [1.29, 1.82) is 5.26 Å². The SMILES string of the molecule is N#C/C(=C/c1cc(Br)c(OCc2cccc(F)c2)c(Br)c1)C(=O)NC(N)=O. The minimum atomic E-state index is -1.05. The Kier molecular flexibility index (Phi) is 7.10. The second kappa shape index (κ2) is 9.30. The van der Waals surface area contributed by atoms with Crippen molar-refractivity contribution in [3.8, 4) is 11.8 Å². The summed E-state index contributed by atoms with van der Waals surface area (Å²) >= 11 is 6.72. The van der Waals surface area contributed by atoms with Crippen LogP contribution in [0.3, 0.4) is 0 Å². The zero-order valence-corrected chi connectivity index (χ0v) is 16.8. The highest BCUT2D eigenvalue weighted by Crippen LogP contribution is 2.36. The molecule has 3 N–H and O–H groups in total. The van der Waals surface area contributed by atoms with E-state index in [4.69, 9.17) is 15.7 Å². The molecule has 0 atom stereocenters. The Bertz CT molecular complexity index is 948. The maximum atomic E-state index is 13.2. The van der Waals surface area contributed by atoms with Gasteiger partial charge in [-0.2, -0.15) is 5.26 Å². The number of halogens is 3. The predicted molar refractivity (Wildman–Crippen MR) is 104 cm³/mol. The van der Waals surface area contributed by atoms with E-state index in [9.17, 15) is 14.0 Å². The van der Waals surface area contributed by atoms with Gasteiger partial charge in [0.2, 0.25) is 0 Å². The number of nitriles is 1. The van der Waals surface area contributed by atoms with E-state index >= 15 is 0 Å². The van der Waals surface area contributed by atoms with E-state index in [0.29, 0.717) is 25.8 Å². The van der Waals surface area contributed by atoms with E-state index in [1.807, 2.05) is 5.32 Å². The smallest absolute Gasteiger partial charge is 0.319 e. The van der Waals surface area contributed by atoms with Crippen molar-refractivity contribution in [1.82, 2.24) is 5.32 Å². The lowest BCUT2D eigenvalue weighted by atomic mass is 10.1. The molecule has 0 bridgehead atoms. The number of urea groups is 1. The lowest BCUT2D eigenvalue weighted by molar-refractivity contribution is -0.115. The molecule has 138 valence electrons. The van der Waals surface area contributed by atoms with E-state index in [1.54, 1.807) is 30.3 Å². The average Bonchev–Trinajstić information content (AvgIpc) is 2.58. The molecule has 2 aromatic carbocycles.